The number of aliphatic hydroxyl groups is 1. The first kappa shape index (κ1) is 11.7. The van der Waals surface area contributed by atoms with Crippen LogP contribution in [0.1, 0.15) is 29.9 Å². The van der Waals surface area contributed by atoms with E-state index in [1.165, 1.54) is 6.20 Å². The molecular formula is C11H16N2O2. The van der Waals surface area contributed by atoms with Crippen LogP contribution in [0.3, 0.4) is 0 Å². The topological polar surface area (TPSA) is 62.2 Å². The lowest BCUT2D eigenvalue weighted by Gasteiger charge is -2.07. The van der Waals surface area contributed by atoms with E-state index in [1.54, 1.807) is 12.1 Å². The molecule has 0 saturated carbocycles. The number of rotatable bonds is 4. The van der Waals surface area contributed by atoms with Crippen LogP contribution in [0.25, 0.3) is 0 Å². The van der Waals surface area contributed by atoms with Crippen molar-refractivity contribution in [2.75, 3.05) is 6.54 Å². The van der Waals surface area contributed by atoms with E-state index in [1.807, 2.05) is 13.8 Å². The number of nitrogens with one attached hydrogen (secondary N) is 1. The van der Waals surface area contributed by atoms with E-state index in [0.29, 0.717) is 23.7 Å². The molecule has 0 atom stereocenters. The van der Waals surface area contributed by atoms with Crippen molar-refractivity contribution in [3.05, 3.63) is 29.6 Å². The van der Waals surface area contributed by atoms with E-state index in [9.17, 15) is 4.79 Å². The van der Waals surface area contributed by atoms with Crippen LogP contribution in [-0.2, 0) is 6.61 Å². The first-order valence-electron chi connectivity index (χ1n) is 4.97. The predicted octanol–water partition coefficient (Wildman–Crippen LogP) is 0.960. The fraction of sp³-hybridized carbons (Fsp3) is 0.455. The number of hydrogen-bond donors (Lipinski definition) is 2. The second kappa shape index (κ2) is 5.46. The fourth-order valence-electron chi connectivity index (χ4n) is 1.10. The largest absolute Gasteiger partial charge is 0.390 e. The molecule has 0 radical (unpaired) electrons. The van der Waals surface area contributed by atoms with Crippen LogP contribution in [0.2, 0.25) is 0 Å². The molecule has 0 fully saturated rings. The minimum absolute atomic E-state index is 0.124. The van der Waals surface area contributed by atoms with Crippen molar-refractivity contribution in [3.63, 3.8) is 0 Å². The van der Waals surface area contributed by atoms with E-state index in [-0.39, 0.29) is 12.5 Å². The molecule has 1 rings (SSSR count). The highest BCUT2D eigenvalue weighted by atomic mass is 16.3. The van der Waals surface area contributed by atoms with E-state index >= 15 is 0 Å². The Kier molecular flexibility index (Phi) is 4.24. The maximum absolute atomic E-state index is 11.6. The van der Waals surface area contributed by atoms with Gasteiger partial charge >= 0.3 is 0 Å². The maximum atomic E-state index is 11.6. The predicted molar refractivity (Wildman–Crippen MR) is 57.3 cm³/mol. The molecule has 1 aromatic rings. The number of nitrogens with zero attached hydrogens (tertiary/aromatic N) is 1. The normalized spacial score (nSPS) is 10.4. The molecule has 0 saturated heterocycles. The molecule has 0 aliphatic carbocycles. The Morgan fingerprint density at radius 2 is 2.33 bits per heavy atom. The van der Waals surface area contributed by atoms with Gasteiger partial charge in [0, 0.05) is 18.3 Å². The Bertz CT molecular complexity index is 337. The monoisotopic (exact) mass is 208 g/mol. The molecular weight excluding hydrogens is 192 g/mol. The minimum atomic E-state index is -0.148. The van der Waals surface area contributed by atoms with Crippen molar-refractivity contribution in [2.24, 2.45) is 5.92 Å². The van der Waals surface area contributed by atoms with Gasteiger partial charge in [-0.2, -0.15) is 0 Å². The maximum Gasteiger partial charge on any atom is 0.251 e. The van der Waals surface area contributed by atoms with Crippen molar-refractivity contribution in [1.29, 1.82) is 0 Å². The standard InChI is InChI=1S/C11H16N2O2/c1-8(2)6-13-11(15)9-3-4-12-10(5-9)7-14/h3-5,8,14H,6-7H2,1-2H3,(H,13,15). The number of hydrogen-bond acceptors (Lipinski definition) is 3. The number of carbonyl (C=O) groups is 1. The quantitative estimate of drug-likeness (QED) is 0.774. The van der Waals surface area contributed by atoms with Crippen LogP contribution in [-0.4, -0.2) is 22.5 Å². The van der Waals surface area contributed by atoms with Crippen LogP contribution >= 0.6 is 0 Å². The highest BCUT2D eigenvalue weighted by molar-refractivity contribution is 5.94. The summed E-state index contributed by atoms with van der Waals surface area (Å²) in [6, 6.07) is 3.23. The zero-order valence-corrected chi connectivity index (χ0v) is 9.03. The summed E-state index contributed by atoms with van der Waals surface area (Å²) in [6.07, 6.45) is 1.52. The summed E-state index contributed by atoms with van der Waals surface area (Å²) in [4.78, 5) is 15.5. The Balaban J connectivity index is 2.65. The van der Waals surface area contributed by atoms with Crippen LogP contribution < -0.4 is 5.32 Å². The zero-order valence-electron chi connectivity index (χ0n) is 9.03. The number of carbonyl (C=O) groups excluding carboxylic acids is 1. The molecule has 1 heterocycles. The number of aliphatic hydroxyl groups excluding tert-OH is 1. The van der Waals surface area contributed by atoms with E-state index in [4.69, 9.17) is 5.11 Å². The number of pyridine rings is 1. The third-order valence-corrected chi connectivity index (χ3v) is 1.91. The van der Waals surface area contributed by atoms with E-state index in [0.717, 1.165) is 0 Å². The average molecular weight is 208 g/mol. The van der Waals surface area contributed by atoms with Gasteiger partial charge in [0.05, 0.1) is 12.3 Å². The van der Waals surface area contributed by atoms with Gasteiger partial charge in [0.1, 0.15) is 0 Å². The van der Waals surface area contributed by atoms with Gasteiger partial charge in [-0.25, -0.2) is 0 Å². The van der Waals surface area contributed by atoms with Gasteiger partial charge in [-0.15, -0.1) is 0 Å². The van der Waals surface area contributed by atoms with Gasteiger partial charge in [-0.05, 0) is 18.1 Å². The lowest BCUT2D eigenvalue weighted by molar-refractivity contribution is 0.0948. The highest BCUT2D eigenvalue weighted by Gasteiger charge is 2.06. The Morgan fingerprint density at radius 1 is 1.60 bits per heavy atom. The first-order chi connectivity index (χ1) is 7.13. The van der Waals surface area contributed by atoms with Crippen molar-refractivity contribution >= 4 is 5.91 Å². The average Bonchev–Trinajstić information content (AvgIpc) is 2.26. The Labute approximate surface area is 89.3 Å². The number of amides is 1. The SMILES string of the molecule is CC(C)CNC(=O)c1ccnc(CO)c1. The summed E-state index contributed by atoms with van der Waals surface area (Å²) in [5.74, 6) is 0.300. The van der Waals surface area contributed by atoms with Crippen LogP contribution in [0.5, 0.6) is 0 Å². The summed E-state index contributed by atoms with van der Waals surface area (Å²) in [5, 5.41) is 11.7. The summed E-state index contributed by atoms with van der Waals surface area (Å²) in [6.45, 7) is 4.57. The van der Waals surface area contributed by atoms with Gasteiger partial charge in [-0.1, -0.05) is 13.8 Å². The van der Waals surface area contributed by atoms with E-state index < -0.39 is 0 Å². The van der Waals surface area contributed by atoms with Gasteiger partial charge in [0.15, 0.2) is 0 Å². The minimum Gasteiger partial charge on any atom is -0.390 e. The van der Waals surface area contributed by atoms with Crippen LogP contribution in [0, 0.1) is 5.92 Å². The molecule has 0 aromatic carbocycles. The molecule has 0 aliphatic rings. The Hall–Kier alpha value is -1.42. The molecule has 1 aromatic heterocycles. The van der Waals surface area contributed by atoms with Crippen molar-refractivity contribution in [1.82, 2.24) is 10.3 Å². The van der Waals surface area contributed by atoms with Crippen molar-refractivity contribution in [2.45, 2.75) is 20.5 Å². The van der Waals surface area contributed by atoms with Crippen LogP contribution in [0.4, 0.5) is 0 Å². The Morgan fingerprint density at radius 3 is 2.93 bits per heavy atom. The summed E-state index contributed by atoms with van der Waals surface area (Å²) < 4.78 is 0. The molecule has 4 nitrogen and oxygen atoms in total. The highest BCUT2D eigenvalue weighted by Crippen LogP contribution is 2.02. The molecule has 0 aliphatic heterocycles. The summed E-state index contributed by atoms with van der Waals surface area (Å²) >= 11 is 0. The smallest absolute Gasteiger partial charge is 0.251 e. The van der Waals surface area contributed by atoms with Crippen molar-refractivity contribution < 1.29 is 9.90 Å². The second-order valence-electron chi connectivity index (χ2n) is 3.80. The van der Waals surface area contributed by atoms with Crippen molar-refractivity contribution in [3.8, 4) is 0 Å². The third kappa shape index (κ3) is 3.67. The molecule has 4 heteroatoms. The third-order valence-electron chi connectivity index (χ3n) is 1.91. The number of aromatic nitrogens is 1. The van der Waals surface area contributed by atoms with Gasteiger partial charge in [-0.3, -0.25) is 9.78 Å². The molecule has 0 spiro atoms. The zero-order chi connectivity index (χ0) is 11.3. The molecule has 2 N–H and O–H groups in total. The molecule has 0 unspecified atom stereocenters. The molecule has 0 bridgehead atoms. The van der Waals surface area contributed by atoms with Gasteiger partial charge < -0.3 is 10.4 Å². The molecule has 82 valence electrons. The molecule has 1 amide bonds. The summed E-state index contributed by atoms with van der Waals surface area (Å²) in [7, 11) is 0. The molecule has 15 heavy (non-hydrogen) atoms. The lowest BCUT2D eigenvalue weighted by Crippen LogP contribution is -2.27. The van der Waals surface area contributed by atoms with E-state index in [2.05, 4.69) is 10.3 Å². The summed E-state index contributed by atoms with van der Waals surface area (Å²) in [5.41, 5.74) is 1.04. The lowest BCUT2D eigenvalue weighted by atomic mass is 10.2. The van der Waals surface area contributed by atoms with Gasteiger partial charge in [0.2, 0.25) is 0 Å². The first-order valence-corrected chi connectivity index (χ1v) is 4.97. The van der Waals surface area contributed by atoms with Gasteiger partial charge in [0.25, 0.3) is 5.91 Å². The fourth-order valence-corrected chi connectivity index (χ4v) is 1.10. The van der Waals surface area contributed by atoms with Crippen LogP contribution in [0.15, 0.2) is 18.3 Å². The second-order valence-corrected chi connectivity index (χ2v) is 3.80.